The van der Waals surface area contributed by atoms with E-state index in [2.05, 4.69) is 29.4 Å². The summed E-state index contributed by atoms with van der Waals surface area (Å²) in [5.74, 6) is 3.30. The first-order chi connectivity index (χ1) is 12.6. The Balaban J connectivity index is 1.57. The molecule has 1 aromatic carbocycles. The van der Waals surface area contributed by atoms with Gasteiger partial charge in [0.15, 0.2) is 11.5 Å². The Bertz CT molecular complexity index is 889. The van der Waals surface area contributed by atoms with E-state index < -0.39 is 0 Å². The first-order valence-corrected chi connectivity index (χ1v) is 9.36. The maximum Gasteiger partial charge on any atom is 0.178 e. The van der Waals surface area contributed by atoms with Crippen LogP contribution in [0.4, 0.5) is 5.82 Å². The number of benzene rings is 1. The van der Waals surface area contributed by atoms with Gasteiger partial charge in [-0.3, -0.25) is 0 Å². The number of anilines is 1. The van der Waals surface area contributed by atoms with Gasteiger partial charge in [-0.2, -0.15) is 4.52 Å². The third-order valence-corrected chi connectivity index (χ3v) is 5.67. The number of nitrogens with zero attached hydrogens (tertiary/aromatic N) is 4. The average Bonchev–Trinajstić information content (AvgIpc) is 3.03. The molecule has 2 N–H and O–H groups in total. The number of fused-ring (bicyclic) bond motifs is 1. The summed E-state index contributed by atoms with van der Waals surface area (Å²) in [6.45, 7) is 4.67. The molecule has 3 unspecified atom stereocenters. The SMILES string of the molecule is CC1CCCC(Nc2ccc3nnc(Cc4ccc(O)cc4)n3n2)C1C. The summed E-state index contributed by atoms with van der Waals surface area (Å²) < 4.78 is 1.81. The predicted molar refractivity (Wildman–Crippen MR) is 101 cm³/mol. The molecule has 1 aliphatic rings. The molecule has 0 amide bonds. The highest BCUT2D eigenvalue weighted by atomic mass is 16.3. The number of hydrogen-bond acceptors (Lipinski definition) is 5. The summed E-state index contributed by atoms with van der Waals surface area (Å²) in [4.78, 5) is 0. The molecule has 4 rings (SSSR count). The van der Waals surface area contributed by atoms with Crippen molar-refractivity contribution in [3.63, 3.8) is 0 Å². The van der Waals surface area contributed by atoms with Crippen molar-refractivity contribution >= 4 is 11.5 Å². The van der Waals surface area contributed by atoms with Gasteiger partial charge in [0.05, 0.1) is 0 Å². The lowest BCUT2D eigenvalue weighted by Crippen LogP contribution is -2.35. The molecule has 3 aromatic rings. The lowest BCUT2D eigenvalue weighted by molar-refractivity contribution is 0.252. The second-order valence-corrected chi connectivity index (χ2v) is 7.47. The normalized spacial score (nSPS) is 23.2. The molecule has 0 spiro atoms. The smallest absolute Gasteiger partial charge is 0.178 e. The minimum Gasteiger partial charge on any atom is -0.508 e. The summed E-state index contributed by atoms with van der Waals surface area (Å²) in [5, 5.41) is 26.3. The number of phenols is 1. The quantitative estimate of drug-likeness (QED) is 0.750. The van der Waals surface area contributed by atoms with Crippen LogP contribution in [0, 0.1) is 11.8 Å². The minimum absolute atomic E-state index is 0.264. The molecule has 2 aromatic heterocycles. The fourth-order valence-electron chi connectivity index (χ4n) is 3.79. The van der Waals surface area contributed by atoms with E-state index in [1.807, 2.05) is 28.8 Å². The highest BCUT2D eigenvalue weighted by molar-refractivity contribution is 5.45. The van der Waals surface area contributed by atoms with Gasteiger partial charge >= 0.3 is 0 Å². The van der Waals surface area contributed by atoms with Gasteiger partial charge in [0.1, 0.15) is 11.6 Å². The van der Waals surface area contributed by atoms with Gasteiger partial charge in [-0.15, -0.1) is 15.3 Å². The van der Waals surface area contributed by atoms with Crippen LogP contribution in [0.1, 0.15) is 44.5 Å². The molecular weight excluding hydrogens is 326 g/mol. The van der Waals surface area contributed by atoms with Crippen LogP contribution in [-0.4, -0.2) is 31.0 Å². The van der Waals surface area contributed by atoms with Crippen molar-refractivity contribution in [2.24, 2.45) is 11.8 Å². The molecule has 0 bridgehead atoms. The van der Waals surface area contributed by atoms with E-state index in [1.54, 1.807) is 12.1 Å². The van der Waals surface area contributed by atoms with Crippen molar-refractivity contribution in [2.75, 3.05) is 5.32 Å². The van der Waals surface area contributed by atoms with Gasteiger partial charge in [-0.25, -0.2) is 0 Å². The van der Waals surface area contributed by atoms with Crippen LogP contribution < -0.4 is 5.32 Å². The summed E-state index contributed by atoms with van der Waals surface area (Å²) in [6.07, 6.45) is 4.39. The third-order valence-electron chi connectivity index (χ3n) is 5.67. The lowest BCUT2D eigenvalue weighted by atomic mass is 9.78. The molecule has 1 aliphatic carbocycles. The predicted octanol–water partition coefficient (Wildman–Crippen LogP) is 3.66. The Hall–Kier alpha value is -2.63. The number of phenolic OH excluding ortho intramolecular Hbond substituents is 1. The second-order valence-electron chi connectivity index (χ2n) is 7.47. The molecule has 2 heterocycles. The van der Waals surface area contributed by atoms with Crippen molar-refractivity contribution in [3.8, 4) is 5.75 Å². The van der Waals surface area contributed by atoms with E-state index in [4.69, 9.17) is 5.10 Å². The van der Waals surface area contributed by atoms with Crippen LogP contribution in [0.3, 0.4) is 0 Å². The zero-order valence-corrected chi connectivity index (χ0v) is 15.3. The molecule has 6 heteroatoms. The Morgan fingerprint density at radius 2 is 1.88 bits per heavy atom. The summed E-state index contributed by atoms with van der Waals surface area (Å²) in [7, 11) is 0. The zero-order chi connectivity index (χ0) is 18.1. The van der Waals surface area contributed by atoms with Crippen LogP contribution in [-0.2, 0) is 6.42 Å². The Labute approximate surface area is 153 Å². The minimum atomic E-state index is 0.264. The number of nitrogens with one attached hydrogen (secondary N) is 1. The largest absolute Gasteiger partial charge is 0.508 e. The van der Waals surface area contributed by atoms with E-state index in [9.17, 15) is 5.11 Å². The van der Waals surface area contributed by atoms with Gasteiger partial charge < -0.3 is 10.4 Å². The monoisotopic (exact) mass is 351 g/mol. The van der Waals surface area contributed by atoms with E-state index in [1.165, 1.54) is 19.3 Å². The van der Waals surface area contributed by atoms with Gasteiger partial charge in [0.2, 0.25) is 0 Å². The average molecular weight is 351 g/mol. The number of aromatic nitrogens is 4. The number of hydrogen-bond donors (Lipinski definition) is 2. The van der Waals surface area contributed by atoms with Crippen molar-refractivity contribution in [3.05, 3.63) is 47.8 Å². The molecule has 3 atom stereocenters. The van der Waals surface area contributed by atoms with Crippen molar-refractivity contribution in [1.82, 2.24) is 19.8 Å². The van der Waals surface area contributed by atoms with E-state index >= 15 is 0 Å². The lowest BCUT2D eigenvalue weighted by Gasteiger charge is -2.34. The maximum absolute atomic E-state index is 9.43. The highest BCUT2D eigenvalue weighted by Crippen LogP contribution is 2.31. The molecule has 6 nitrogen and oxygen atoms in total. The summed E-state index contributed by atoms with van der Waals surface area (Å²) in [6, 6.07) is 11.6. The van der Waals surface area contributed by atoms with Gasteiger partial charge in [0.25, 0.3) is 0 Å². The fourth-order valence-corrected chi connectivity index (χ4v) is 3.79. The Morgan fingerprint density at radius 3 is 2.69 bits per heavy atom. The highest BCUT2D eigenvalue weighted by Gasteiger charge is 2.27. The Kier molecular flexibility index (Phi) is 4.49. The molecule has 0 saturated heterocycles. The van der Waals surface area contributed by atoms with Gasteiger partial charge in [-0.05, 0) is 48.1 Å². The summed E-state index contributed by atoms with van der Waals surface area (Å²) >= 11 is 0. The van der Waals surface area contributed by atoms with Crippen LogP contribution in [0.2, 0.25) is 0 Å². The van der Waals surface area contributed by atoms with E-state index in [-0.39, 0.29) is 5.75 Å². The van der Waals surface area contributed by atoms with Gasteiger partial charge in [0, 0.05) is 12.5 Å². The first-order valence-electron chi connectivity index (χ1n) is 9.36. The van der Waals surface area contributed by atoms with Crippen LogP contribution in [0.5, 0.6) is 5.75 Å². The maximum atomic E-state index is 9.43. The molecule has 26 heavy (non-hydrogen) atoms. The van der Waals surface area contributed by atoms with Gasteiger partial charge in [-0.1, -0.05) is 38.8 Å². The molecule has 1 fully saturated rings. The molecule has 0 radical (unpaired) electrons. The molecule has 136 valence electrons. The van der Waals surface area contributed by atoms with E-state index in [0.29, 0.717) is 18.4 Å². The van der Waals surface area contributed by atoms with Crippen LogP contribution in [0.15, 0.2) is 36.4 Å². The first kappa shape index (κ1) is 16.8. The standard InChI is InChI=1S/C20H25N5O/c1-13-4-3-5-17(14(13)2)21-18-10-11-19-22-23-20(25(19)24-18)12-15-6-8-16(26)9-7-15/h6-11,13-14,17,26H,3-5,12H2,1-2H3,(H,21,24). The Morgan fingerprint density at radius 1 is 1.08 bits per heavy atom. The zero-order valence-electron chi connectivity index (χ0n) is 15.3. The third kappa shape index (κ3) is 3.36. The van der Waals surface area contributed by atoms with Crippen LogP contribution >= 0.6 is 0 Å². The molecule has 0 aliphatic heterocycles. The molecular formula is C20H25N5O. The fraction of sp³-hybridized carbons (Fsp3) is 0.450. The number of aromatic hydroxyl groups is 1. The topological polar surface area (TPSA) is 75.3 Å². The summed E-state index contributed by atoms with van der Waals surface area (Å²) in [5.41, 5.74) is 1.81. The number of rotatable bonds is 4. The van der Waals surface area contributed by atoms with Crippen molar-refractivity contribution in [1.29, 1.82) is 0 Å². The molecule has 1 saturated carbocycles. The van der Waals surface area contributed by atoms with Crippen molar-refractivity contribution in [2.45, 2.75) is 45.6 Å². The van der Waals surface area contributed by atoms with E-state index in [0.717, 1.165) is 28.8 Å². The van der Waals surface area contributed by atoms with Crippen molar-refractivity contribution < 1.29 is 5.11 Å². The second kappa shape index (κ2) is 6.94. The van der Waals surface area contributed by atoms with Crippen LogP contribution in [0.25, 0.3) is 5.65 Å².